The van der Waals surface area contributed by atoms with Gasteiger partial charge in [0.15, 0.2) is 0 Å². The number of amides is 1. The number of nitrogens with one attached hydrogen (secondary N) is 1. The molecule has 0 fully saturated rings. The van der Waals surface area contributed by atoms with Crippen LogP contribution in [0.4, 0.5) is 16.0 Å². The van der Waals surface area contributed by atoms with Crippen LogP contribution < -0.4 is 15.7 Å². The van der Waals surface area contributed by atoms with E-state index in [9.17, 15) is 9.18 Å². The molecular weight excluding hydrogens is 404 g/mol. The maximum Gasteiger partial charge on any atom is 0.258 e. The molecule has 4 aromatic rings. The molecule has 0 atom stereocenters. The summed E-state index contributed by atoms with van der Waals surface area (Å²) in [5, 5.41) is 2.70. The molecule has 0 aliphatic carbocycles. The Kier molecular flexibility index (Phi) is 6.50. The minimum absolute atomic E-state index is 0.295. The van der Waals surface area contributed by atoms with Crippen LogP contribution in [0.3, 0.4) is 0 Å². The number of carbonyl (C=O) groups excluding carboxylic acids is 1. The first-order chi connectivity index (χ1) is 15.6. The van der Waals surface area contributed by atoms with E-state index in [2.05, 4.69) is 20.3 Å². The van der Waals surface area contributed by atoms with Crippen molar-refractivity contribution in [1.82, 2.24) is 15.0 Å². The molecule has 0 saturated heterocycles. The summed E-state index contributed by atoms with van der Waals surface area (Å²) >= 11 is 0. The van der Waals surface area contributed by atoms with E-state index in [-0.39, 0.29) is 11.7 Å². The van der Waals surface area contributed by atoms with E-state index < -0.39 is 0 Å². The maximum absolute atomic E-state index is 13.1. The second-order valence-corrected chi connectivity index (χ2v) is 7.16. The van der Waals surface area contributed by atoms with Gasteiger partial charge in [0.2, 0.25) is 5.95 Å². The summed E-state index contributed by atoms with van der Waals surface area (Å²) in [5.41, 5.74) is 3.28. The first-order valence-corrected chi connectivity index (χ1v) is 9.95. The molecule has 6 nitrogen and oxygen atoms in total. The third kappa shape index (κ3) is 5.54. The summed E-state index contributed by atoms with van der Waals surface area (Å²) in [6.07, 6.45) is 4.55. The van der Waals surface area contributed by atoms with Crippen molar-refractivity contribution in [3.8, 4) is 0 Å². The van der Waals surface area contributed by atoms with E-state index >= 15 is 0 Å². The molecule has 0 aliphatic rings. The zero-order chi connectivity index (χ0) is 22.3. The number of nitrogens with zero attached hydrogens (tertiary/aromatic N) is 4. The van der Waals surface area contributed by atoms with Crippen LogP contribution in [0.25, 0.3) is 0 Å². The van der Waals surface area contributed by atoms with Gasteiger partial charge in [-0.1, -0.05) is 41.9 Å². The largest absolute Gasteiger partial charge is 0.331 e. The summed E-state index contributed by atoms with van der Waals surface area (Å²) < 4.78 is 13.1. The van der Waals surface area contributed by atoms with Crippen LogP contribution in [-0.4, -0.2) is 28.7 Å². The van der Waals surface area contributed by atoms with Gasteiger partial charge >= 0.3 is 0 Å². The average Bonchev–Trinajstić information content (AvgIpc) is 2.82. The quantitative estimate of drug-likeness (QED) is 0.462. The van der Waals surface area contributed by atoms with Crippen LogP contribution in [-0.2, 0) is 13.1 Å². The number of rotatable bonds is 7. The predicted molar refractivity (Wildman–Crippen MR) is 122 cm³/mol. The van der Waals surface area contributed by atoms with Crippen molar-refractivity contribution in [2.45, 2.75) is 13.1 Å². The Morgan fingerprint density at radius 2 is 1.59 bits per heavy atom. The van der Waals surface area contributed by atoms with Crippen molar-refractivity contribution >= 4 is 30.9 Å². The topological polar surface area (TPSA) is 71.0 Å². The summed E-state index contributed by atoms with van der Waals surface area (Å²) in [4.78, 5) is 27.6. The Morgan fingerprint density at radius 1 is 0.875 bits per heavy atom. The molecule has 4 rings (SSSR count). The molecule has 2 radical (unpaired) electrons. The highest BCUT2D eigenvalue weighted by molar-refractivity contribution is 6.32. The predicted octanol–water partition coefficient (Wildman–Crippen LogP) is 3.26. The fourth-order valence-electron chi connectivity index (χ4n) is 3.06. The molecule has 2 aromatic carbocycles. The van der Waals surface area contributed by atoms with Crippen LogP contribution >= 0.6 is 0 Å². The monoisotopic (exact) mass is 423 g/mol. The third-order valence-corrected chi connectivity index (χ3v) is 4.70. The Balaban J connectivity index is 1.52. The van der Waals surface area contributed by atoms with Crippen molar-refractivity contribution < 1.29 is 9.18 Å². The van der Waals surface area contributed by atoms with Gasteiger partial charge in [-0.25, -0.2) is 14.4 Å². The van der Waals surface area contributed by atoms with E-state index in [1.807, 2.05) is 41.3 Å². The number of hydrogen-bond donors (Lipinski definition) is 1. The molecule has 1 amide bonds. The fraction of sp³-hybridized carbons (Fsp3) is 0.0833. The molecule has 0 aliphatic heterocycles. The molecule has 8 heteroatoms. The van der Waals surface area contributed by atoms with E-state index in [1.165, 1.54) is 36.7 Å². The number of anilines is 2. The molecule has 2 heterocycles. The number of carbonyl (C=O) groups is 1. The fourth-order valence-corrected chi connectivity index (χ4v) is 3.06. The molecule has 156 valence electrons. The van der Waals surface area contributed by atoms with Crippen molar-refractivity contribution in [1.29, 1.82) is 0 Å². The second-order valence-electron chi connectivity index (χ2n) is 7.16. The molecule has 1 N–H and O–H groups in total. The van der Waals surface area contributed by atoms with Crippen LogP contribution in [0.1, 0.15) is 21.6 Å². The number of benzene rings is 2. The second kappa shape index (κ2) is 9.83. The summed E-state index contributed by atoms with van der Waals surface area (Å²) in [6.45, 7) is 1.03. The minimum atomic E-state index is -0.377. The van der Waals surface area contributed by atoms with Crippen molar-refractivity contribution in [2.24, 2.45) is 0 Å². The molecule has 0 spiro atoms. The molecule has 0 unspecified atom stereocenters. The minimum Gasteiger partial charge on any atom is -0.331 e. The van der Waals surface area contributed by atoms with Gasteiger partial charge in [-0.3, -0.25) is 9.78 Å². The van der Waals surface area contributed by atoms with Gasteiger partial charge in [0.25, 0.3) is 5.91 Å². The highest BCUT2D eigenvalue weighted by Crippen LogP contribution is 2.16. The van der Waals surface area contributed by atoms with E-state index in [0.717, 1.165) is 11.3 Å². The van der Waals surface area contributed by atoms with Gasteiger partial charge < -0.3 is 10.2 Å². The van der Waals surface area contributed by atoms with Crippen molar-refractivity contribution in [3.05, 3.63) is 108 Å². The summed E-state index contributed by atoms with van der Waals surface area (Å²) in [7, 11) is 5.74. The lowest BCUT2D eigenvalue weighted by Crippen LogP contribution is -2.25. The van der Waals surface area contributed by atoms with Crippen LogP contribution in [0.2, 0.25) is 0 Å². The first kappa shape index (κ1) is 21.2. The van der Waals surface area contributed by atoms with Gasteiger partial charge in [-0.05, 0) is 35.9 Å². The Labute approximate surface area is 186 Å². The van der Waals surface area contributed by atoms with Crippen LogP contribution in [0.5, 0.6) is 0 Å². The maximum atomic E-state index is 13.1. The lowest BCUT2D eigenvalue weighted by atomic mass is 9.99. The van der Waals surface area contributed by atoms with Gasteiger partial charge in [-0.15, -0.1) is 0 Å². The Morgan fingerprint density at radius 3 is 2.25 bits per heavy atom. The third-order valence-electron chi connectivity index (χ3n) is 4.70. The standard InChI is InChI=1S/C24H19BFN5O/c25-19-6-9-22(27-14-19)16-31(15-17-4-2-1-3-5-17)24-28-12-18(13-29-24)23(32)30-21-10-7-20(26)8-11-21/h1-14H,15-16H2,(H,30,32). The normalized spacial score (nSPS) is 10.5. The molecule has 0 bridgehead atoms. The van der Waals surface area contributed by atoms with Crippen molar-refractivity contribution in [2.75, 3.05) is 10.2 Å². The number of aromatic nitrogens is 3. The van der Waals surface area contributed by atoms with Crippen LogP contribution in [0.15, 0.2) is 85.3 Å². The summed E-state index contributed by atoms with van der Waals surface area (Å²) in [5.74, 6) is -0.284. The number of pyridine rings is 1. The summed E-state index contributed by atoms with van der Waals surface area (Å²) in [6, 6.07) is 19.1. The SMILES string of the molecule is [B]c1ccc(CN(Cc2ccccc2)c2ncc(C(=O)Nc3ccc(F)cc3)cn2)nc1. The molecule has 32 heavy (non-hydrogen) atoms. The van der Waals surface area contributed by atoms with Gasteiger partial charge in [0.05, 0.1) is 17.8 Å². The zero-order valence-corrected chi connectivity index (χ0v) is 17.1. The smallest absolute Gasteiger partial charge is 0.258 e. The number of halogens is 1. The molecule has 2 aromatic heterocycles. The van der Waals surface area contributed by atoms with Gasteiger partial charge in [0, 0.05) is 30.8 Å². The van der Waals surface area contributed by atoms with E-state index in [1.54, 1.807) is 12.3 Å². The zero-order valence-electron chi connectivity index (χ0n) is 17.1. The van der Waals surface area contributed by atoms with Crippen molar-refractivity contribution in [3.63, 3.8) is 0 Å². The van der Waals surface area contributed by atoms with E-state index in [4.69, 9.17) is 7.85 Å². The van der Waals surface area contributed by atoms with E-state index in [0.29, 0.717) is 35.8 Å². The number of hydrogen-bond acceptors (Lipinski definition) is 5. The molecular formula is C24H19BFN5O. The van der Waals surface area contributed by atoms with Gasteiger partial charge in [-0.2, -0.15) is 0 Å². The van der Waals surface area contributed by atoms with Gasteiger partial charge in [0.1, 0.15) is 13.7 Å². The Bertz CT molecular complexity index is 1170. The first-order valence-electron chi connectivity index (χ1n) is 9.95. The lowest BCUT2D eigenvalue weighted by Gasteiger charge is -2.22. The highest BCUT2D eigenvalue weighted by atomic mass is 19.1. The Hall–Kier alpha value is -4.07. The van der Waals surface area contributed by atoms with Crippen LogP contribution in [0, 0.1) is 5.82 Å². The molecule has 0 saturated carbocycles. The average molecular weight is 423 g/mol. The highest BCUT2D eigenvalue weighted by Gasteiger charge is 2.14. The lowest BCUT2D eigenvalue weighted by molar-refractivity contribution is 0.102.